The molecule has 1 N–H and O–H groups in total. The number of fused-ring (bicyclic) bond motifs is 1. The number of nitrogens with zero attached hydrogens (tertiary/aromatic N) is 1. The molecular weight excluding hydrogens is 356 g/mol. The van der Waals surface area contributed by atoms with E-state index < -0.39 is 0 Å². The molecule has 0 saturated carbocycles. The monoisotopic (exact) mass is 376 g/mol. The zero-order chi connectivity index (χ0) is 18.6. The fourth-order valence-corrected chi connectivity index (χ4v) is 3.95. The molecule has 0 aliphatic carbocycles. The number of rotatable bonds is 6. The van der Waals surface area contributed by atoms with Gasteiger partial charge < -0.3 is 14.6 Å². The van der Waals surface area contributed by atoms with Gasteiger partial charge in [-0.25, -0.2) is 0 Å². The van der Waals surface area contributed by atoms with E-state index >= 15 is 0 Å². The highest BCUT2D eigenvalue weighted by Gasteiger charge is 2.17. The summed E-state index contributed by atoms with van der Waals surface area (Å²) in [6, 6.07) is 21.7. The van der Waals surface area contributed by atoms with Gasteiger partial charge in [-0.05, 0) is 42.1 Å². The quantitative estimate of drug-likeness (QED) is 0.489. The Kier molecular flexibility index (Phi) is 4.94. The number of benzene rings is 2. The van der Waals surface area contributed by atoms with Crippen LogP contribution in [0.15, 0.2) is 72.1 Å². The van der Waals surface area contributed by atoms with Crippen molar-refractivity contribution in [1.29, 1.82) is 0 Å². The molecule has 0 fully saturated rings. The van der Waals surface area contributed by atoms with Crippen LogP contribution in [-0.2, 0) is 6.54 Å². The van der Waals surface area contributed by atoms with Crippen molar-refractivity contribution in [2.45, 2.75) is 13.5 Å². The first-order valence-electron chi connectivity index (χ1n) is 8.89. The Morgan fingerprint density at radius 1 is 1.07 bits per heavy atom. The summed E-state index contributed by atoms with van der Waals surface area (Å²) < 4.78 is 8.70. The van der Waals surface area contributed by atoms with Crippen molar-refractivity contribution in [3.05, 3.63) is 83.4 Å². The molecule has 4 rings (SSSR count). The zero-order valence-corrected chi connectivity index (χ0v) is 15.8. The maximum Gasteiger partial charge on any atom is 0.272 e. The van der Waals surface area contributed by atoms with Gasteiger partial charge in [-0.1, -0.05) is 36.4 Å². The standard InChI is InChI=1S/C22H20N2O2S/c1-2-26-18-10-6-9-17(13-18)23-22(25)20-14-21-19(11-12-27-21)24(20)15-16-7-4-3-5-8-16/h3-14H,2,15H2,1H3,(H,23,25). The van der Waals surface area contributed by atoms with Gasteiger partial charge in [0.15, 0.2) is 0 Å². The van der Waals surface area contributed by atoms with Crippen molar-refractivity contribution < 1.29 is 9.53 Å². The molecule has 0 radical (unpaired) electrons. The summed E-state index contributed by atoms with van der Waals surface area (Å²) in [7, 11) is 0. The third-order valence-corrected chi connectivity index (χ3v) is 5.19. The van der Waals surface area contributed by atoms with E-state index in [1.807, 2.05) is 55.5 Å². The molecule has 0 aliphatic rings. The van der Waals surface area contributed by atoms with E-state index in [-0.39, 0.29) is 5.91 Å². The summed E-state index contributed by atoms with van der Waals surface area (Å²) in [5.41, 5.74) is 3.62. The number of carbonyl (C=O) groups excluding carboxylic acids is 1. The van der Waals surface area contributed by atoms with Crippen molar-refractivity contribution in [3.8, 4) is 5.75 Å². The minimum absolute atomic E-state index is 0.122. The van der Waals surface area contributed by atoms with Crippen LogP contribution in [0.5, 0.6) is 5.75 Å². The topological polar surface area (TPSA) is 43.3 Å². The number of thiophene rings is 1. The minimum Gasteiger partial charge on any atom is -0.494 e. The van der Waals surface area contributed by atoms with E-state index in [4.69, 9.17) is 4.74 Å². The van der Waals surface area contributed by atoms with Gasteiger partial charge in [0.2, 0.25) is 0 Å². The van der Waals surface area contributed by atoms with Gasteiger partial charge in [-0.2, -0.15) is 0 Å². The molecule has 27 heavy (non-hydrogen) atoms. The lowest BCUT2D eigenvalue weighted by Crippen LogP contribution is -2.17. The Labute approximate surface area is 162 Å². The average Bonchev–Trinajstić information content (AvgIpc) is 3.26. The van der Waals surface area contributed by atoms with Crippen molar-refractivity contribution in [3.63, 3.8) is 0 Å². The van der Waals surface area contributed by atoms with Gasteiger partial charge >= 0.3 is 0 Å². The largest absolute Gasteiger partial charge is 0.494 e. The van der Waals surface area contributed by atoms with Gasteiger partial charge in [0.05, 0.1) is 16.8 Å². The molecular formula is C22H20N2O2S. The second-order valence-electron chi connectivity index (χ2n) is 6.19. The number of hydrogen-bond donors (Lipinski definition) is 1. The van der Waals surface area contributed by atoms with Gasteiger partial charge in [-0.15, -0.1) is 11.3 Å². The number of hydrogen-bond acceptors (Lipinski definition) is 3. The smallest absolute Gasteiger partial charge is 0.272 e. The van der Waals surface area contributed by atoms with E-state index in [0.717, 1.165) is 27.2 Å². The van der Waals surface area contributed by atoms with Crippen LogP contribution in [0.3, 0.4) is 0 Å². The van der Waals surface area contributed by atoms with E-state index in [9.17, 15) is 4.79 Å². The average molecular weight is 376 g/mol. The molecule has 0 saturated heterocycles. The Morgan fingerprint density at radius 2 is 1.93 bits per heavy atom. The number of ether oxygens (including phenoxy) is 1. The number of aromatic nitrogens is 1. The molecule has 0 aliphatic heterocycles. The van der Waals surface area contributed by atoms with Crippen LogP contribution >= 0.6 is 11.3 Å². The molecule has 4 nitrogen and oxygen atoms in total. The van der Waals surface area contributed by atoms with Crippen molar-refractivity contribution >= 4 is 33.1 Å². The van der Waals surface area contributed by atoms with Crippen LogP contribution in [-0.4, -0.2) is 17.1 Å². The minimum atomic E-state index is -0.122. The highest BCUT2D eigenvalue weighted by Crippen LogP contribution is 2.27. The molecule has 0 spiro atoms. The molecule has 0 bridgehead atoms. The summed E-state index contributed by atoms with van der Waals surface area (Å²) in [5, 5.41) is 5.05. The molecule has 4 aromatic rings. The number of amides is 1. The maximum atomic E-state index is 13.0. The van der Waals surface area contributed by atoms with Crippen molar-refractivity contribution in [2.24, 2.45) is 0 Å². The van der Waals surface area contributed by atoms with Gasteiger partial charge in [0.25, 0.3) is 5.91 Å². The second-order valence-corrected chi connectivity index (χ2v) is 7.13. The van der Waals surface area contributed by atoms with Gasteiger partial charge in [-0.3, -0.25) is 4.79 Å². The second kappa shape index (κ2) is 7.68. The van der Waals surface area contributed by atoms with Crippen LogP contribution < -0.4 is 10.1 Å². The van der Waals surface area contributed by atoms with E-state index in [0.29, 0.717) is 18.8 Å². The molecule has 0 unspecified atom stereocenters. The Morgan fingerprint density at radius 3 is 2.74 bits per heavy atom. The zero-order valence-electron chi connectivity index (χ0n) is 15.0. The molecule has 5 heteroatoms. The van der Waals surface area contributed by atoms with Crippen molar-refractivity contribution in [1.82, 2.24) is 4.57 Å². The lowest BCUT2D eigenvalue weighted by atomic mass is 10.2. The molecule has 2 heterocycles. The summed E-state index contributed by atoms with van der Waals surface area (Å²) in [4.78, 5) is 13.0. The fourth-order valence-electron chi connectivity index (χ4n) is 3.13. The van der Waals surface area contributed by atoms with Gasteiger partial charge in [0.1, 0.15) is 11.4 Å². The lowest BCUT2D eigenvalue weighted by Gasteiger charge is -2.12. The normalized spacial score (nSPS) is 10.9. The predicted molar refractivity (Wildman–Crippen MR) is 111 cm³/mol. The lowest BCUT2D eigenvalue weighted by molar-refractivity contribution is 0.101. The Hall–Kier alpha value is -3.05. The first kappa shape index (κ1) is 17.4. The van der Waals surface area contributed by atoms with E-state index in [2.05, 4.69) is 33.5 Å². The van der Waals surface area contributed by atoms with Gasteiger partial charge in [0, 0.05) is 18.3 Å². The number of anilines is 1. The first-order valence-corrected chi connectivity index (χ1v) is 9.77. The third-order valence-electron chi connectivity index (χ3n) is 4.34. The van der Waals surface area contributed by atoms with E-state index in [1.165, 1.54) is 0 Å². The number of carbonyl (C=O) groups is 1. The molecule has 136 valence electrons. The molecule has 2 aromatic carbocycles. The molecule has 1 amide bonds. The Balaban J connectivity index is 1.64. The van der Waals surface area contributed by atoms with Crippen molar-refractivity contribution in [2.75, 3.05) is 11.9 Å². The summed E-state index contributed by atoms with van der Waals surface area (Å²) in [6.45, 7) is 3.19. The third kappa shape index (κ3) is 3.73. The maximum absolute atomic E-state index is 13.0. The summed E-state index contributed by atoms with van der Waals surface area (Å²) >= 11 is 1.64. The highest BCUT2D eigenvalue weighted by molar-refractivity contribution is 7.17. The highest BCUT2D eigenvalue weighted by atomic mass is 32.1. The fraction of sp³-hybridized carbons (Fsp3) is 0.136. The van der Waals surface area contributed by atoms with Crippen LogP contribution in [0.25, 0.3) is 10.2 Å². The van der Waals surface area contributed by atoms with Crippen LogP contribution in [0, 0.1) is 0 Å². The van der Waals surface area contributed by atoms with E-state index in [1.54, 1.807) is 11.3 Å². The van der Waals surface area contributed by atoms with Crippen LogP contribution in [0.1, 0.15) is 23.0 Å². The van der Waals surface area contributed by atoms with Crippen LogP contribution in [0.2, 0.25) is 0 Å². The molecule has 2 aromatic heterocycles. The summed E-state index contributed by atoms with van der Waals surface area (Å²) in [6.07, 6.45) is 0. The first-order chi connectivity index (χ1) is 13.2. The Bertz CT molecular complexity index is 1070. The SMILES string of the molecule is CCOc1cccc(NC(=O)c2cc3sccc3n2Cc2ccccc2)c1. The summed E-state index contributed by atoms with van der Waals surface area (Å²) in [5.74, 6) is 0.624. The number of nitrogens with one attached hydrogen (secondary N) is 1. The molecule has 0 atom stereocenters. The van der Waals surface area contributed by atoms with Crippen LogP contribution in [0.4, 0.5) is 5.69 Å². The predicted octanol–water partition coefficient (Wildman–Crippen LogP) is 5.40.